The van der Waals surface area contributed by atoms with Crippen LogP contribution in [0.3, 0.4) is 0 Å². The molecule has 7 amide bonds. The van der Waals surface area contributed by atoms with Gasteiger partial charge in [0.15, 0.2) is 18.8 Å². The van der Waals surface area contributed by atoms with Gasteiger partial charge in [-0.15, -0.1) is 0 Å². The lowest BCUT2D eigenvalue weighted by molar-refractivity contribution is -0.272. The summed E-state index contributed by atoms with van der Waals surface area (Å²) in [6.07, 6.45) is -17.3. The van der Waals surface area contributed by atoms with Crippen molar-refractivity contribution >= 4 is 41.4 Å². The SMILES string of the molecule is CNC(CCC(=O)NC(CCC(=O)NCCOCCOC1OC(CO)C(O)C(O)C1NC(C)=O)C(=O)NCCOCCOC1OC(CO)C(O)C(O)C1NC(C)=O)C(=O)NCCOCCOC(NC(C)=O)C(O)C(O)C(CO)OC. The van der Waals surface area contributed by atoms with Gasteiger partial charge in [-0.25, -0.2) is 0 Å². The van der Waals surface area contributed by atoms with Crippen LogP contribution in [-0.4, -0.2) is 298 Å². The van der Waals surface area contributed by atoms with Gasteiger partial charge >= 0.3 is 0 Å². The molecule has 2 rings (SSSR count). The van der Waals surface area contributed by atoms with Crippen LogP contribution in [0.15, 0.2) is 0 Å². The van der Waals surface area contributed by atoms with E-state index in [4.69, 9.17) is 42.6 Å². The number of hydrogen-bond donors (Lipinski definition) is 17. The monoisotopic (exact) mass is 1160 g/mol. The molecule has 0 aromatic rings. The van der Waals surface area contributed by atoms with Gasteiger partial charge in [-0.3, -0.25) is 33.6 Å². The van der Waals surface area contributed by atoms with Crippen LogP contribution in [0.2, 0.25) is 0 Å². The molecule has 2 aliphatic rings. The van der Waals surface area contributed by atoms with Crippen LogP contribution in [0.25, 0.3) is 0 Å². The average Bonchev–Trinajstić information content (AvgIpc) is 3.42. The lowest BCUT2D eigenvalue weighted by Crippen LogP contribution is -2.64. The van der Waals surface area contributed by atoms with Crippen molar-refractivity contribution in [3.05, 3.63) is 0 Å². The van der Waals surface area contributed by atoms with E-state index in [1.54, 1.807) is 0 Å². The van der Waals surface area contributed by atoms with Gasteiger partial charge in [-0.2, -0.15) is 0 Å². The van der Waals surface area contributed by atoms with Crippen molar-refractivity contribution in [2.45, 2.75) is 144 Å². The molecule has 0 spiro atoms. The number of methoxy groups -OCH3 is 1. The van der Waals surface area contributed by atoms with Gasteiger partial charge in [0.25, 0.3) is 0 Å². The zero-order valence-electron chi connectivity index (χ0n) is 45.7. The van der Waals surface area contributed by atoms with Crippen LogP contribution in [0.5, 0.6) is 0 Å². The zero-order chi connectivity index (χ0) is 59.7. The molecule has 2 heterocycles. The second kappa shape index (κ2) is 39.9. The predicted molar refractivity (Wildman–Crippen MR) is 271 cm³/mol. The maximum atomic E-state index is 13.4. The Kier molecular flexibility index (Phi) is 35.7. The van der Waals surface area contributed by atoms with Gasteiger partial charge in [0.05, 0.1) is 85.3 Å². The Balaban J connectivity index is 1.91. The Morgan fingerprint density at radius 2 is 0.988 bits per heavy atom. The highest BCUT2D eigenvalue weighted by Gasteiger charge is 2.46. The first-order valence-electron chi connectivity index (χ1n) is 26.1. The summed E-state index contributed by atoms with van der Waals surface area (Å²) >= 11 is 0. The minimum absolute atomic E-state index is 0.00532. The molecule has 80 heavy (non-hydrogen) atoms. The highest BCUT2D eigenvalue weighted by atomic mass is 16.7. The van der Waals surface area contributed by atoms with Gasteiger partial charge in [-0.05, 0) is 19.9 Å². The first-order valence-corrected chi connectivity index (χ1v) is 26.1. The molecule has 33 nitrogen and oxygen atoms in total. The minimum Gasteiger partial charge on any atom is -0.394 e. The molecule has 0 saturated carbocycles. The predicted octanol–water partition coefficient (Wildman–Crippen LogP) is -9.85. The fourth-order valence-corrected chi connectivity index (χ4v) is 7.94. The summed E-state index contributed by atoms with van der Waals surface area (Å²) < 4.78 is 49.1. The van der Waals surface area contributed by atoms with E-state index in [1.807, 2.05) is 0 Å². The van der Waals surface area contributed by atoms with Crippen LogP contribution in [-0.2, 0) is 76.2 Å². The smallest absolute Gasteiger partial charge is 0.242 e. The Hall–Kier alpha value is -4.47. The molecular weight excluding hydrogens is 1080 g/mol. The van der Waals surface area contributed by atoms with Gasteiger partial charge < -0.3 is 131 Å². The molecule has 0 aliphatic carbocycles. The third-order valence-corrected chi connectivity index (χ3v) is 12.2. The van der Waals surface area contributed by atoms with Crippen molar-refractivity contribution in [3.8, 4) is 0 Å². The zero-order valence-corrected chi connectivity index (χ0v) is 45.7. The number of hydrogen-bond acceptors (Lipinski definition) is 26. The Labute approximate surface area is 462 Å². The first kappa shape index (κ1) is 71.6. The summed E-state index contributed by atoms with van der Waals surface area (Å²) in [4.78, 5) is 87.6. The van der Waals surface area contributed by atoms with Crippen molar-refractivity contribution in [1.29, 1.82) is 0 Å². The molecule has 16 atom stereocenters. The third-order valence-electron chi connectivity index (χ3n) is 12.2. The number of carbonyl (C=O) groups excluding carboxylic acids is 7. The number of nitrogens with one attached hydrogen (secondary N) is 8. The third kappa shape index (κ3) is 26.2. The molecule has 0 aromatic carbocycles. The maximum Gasteiger partial charge on any atom is 0.242 e. The molecule has 2 aliphatic heterocycles. The quantitative estimate of drug-likeness (QED) is 0.0200. The van der Waals surface area contributed by atoms with E-state index in [0.717, 1.165) is 0 Å². The molecule has 33 heteroatoms. The minimum atomic E-state index is -1.67. The van der Waals surface area contributed by atoms with Crippen molar-refractivity contribution in [1.82, 2.24) is 42.5 Å². The van der Waals surface area contributed by atoms with Gasteiger partial charge in [0.1, 0.15) is 73.1 Å². The van der Waals surface area contributed by atoms with E-state index in [9.17, 15) is 79.5 Å². The van der Waals surface area contributed by atoms with Gasteiger partial charge in [0.2, 0.25) is 41.4 Å². The van der Waals surface area contributed by atoms with E-state index < -0.39 is 159 Å². The normalized spacial score (nSPS) is 25.2. The van der Waals surface area contributed by atoms with Gasteiger partial charge in [0, 0.05) is 60.4 Å². The highest BCUT2D eigenvalue weighted by Crippen LogP contribution is 2.23. The molecule has 0 radical (unpaired) electrons. The molecule has 2 fully saturated rings. The number of likely N-dealkylation sites (N-methyl/N-ethyl adjacent to an activating group) is 1. The maximum absolute atomic E-state index is 13.4. The molecule has 2 saturated heterocycles. The van der Waals surface area contributed by atoms with Crippen molar-refractivity contribution < 1.29 is 122 Å². The summed E-state index contributed by atoms with van der Waals surface area (Å²) in [5.74, 6) is -3.91. The topological polar surface area (TPSA) is 481 Å². The van der Waals surface area contributed by atoms with E-state index in [2.05, 4.69) is 42.5 Å². The molecular formula is C47H86N8O25. The molecule has 0 bridgehead atoms. The van der Waals surface area contributed by atoms with Crippen LogP contribution in [0.4, 0.5) is 0 Å². The second-order valence-electron chi connectivity index (χ2n) is 18.3. The standard InChI is InChI=1S/C47H86N8O25/c1-25(59)52-35-40(67)38(65)31(23-57)79-46(35)77-20-17-73-13-10-49-33(62)8-7-29(44(71)51-12-15-75-18-21-78-47-36(53-26(2)60)41(68)39(66)32(24-58)80-47)55-34(63)9-6-28(48-4)43(70)50-11-14-74-16-19-76-45(54-27(3)61)42(69)37(64)30(22-56)72-5/h28-32,35-42,45-48,56-58,64-69H,6-24H2,1-5H3,(H,49,62)(H,50,70)(H,51,71)(H,52,59)(H,53,60)(H,54,61)(H,55,63). The fourth-order valence-electron chi connectivity index (χ4n) is 7.94. The number of carbonyl (C=O) groups is 7. The largest absolute Gasteiger partial charge is 0.394 e. The first-order chi connectivity index (χ1) is 38.1. The molecule has 16 unspecified atom stereocenters. The van der Waals surface area contributed by atoms with Crippen LogP contribution >= 0.6 is 0 Å². The second-order valence-corrected chi connectivity index (χ2v) is 18.3. The lowest BCUT2D eigenvalue weighted by atomic mass is 9.97. The van der Waals surface area contributed by atoms with Crippen molar-refractivity contribution in [3.63, 3.8) is 0 Å². The van der Waals surface area contributed by atoms with E-state index in [1.165, 1.54) is 34.9 Å². The van der Waals surface area contributed by atoms with Crippen LogP contribution in [0, 0.1) is 0 Å². The summed E-state index contributed by atoms with van der Waals surface area (Å²) in [7, 11) is 2.72. The Bertz CT molecular complexity index is 1830. The number of amides is 7. The highest BCUT2D eigenvalue weighted by molar-refractivity contribution is 5.89. The van der Waals surface area contributed by atoms with E-state index in [0.29, 0.717) is 0 Å². The van der Waals surface area contributed by atoms with E-state index >= 15 is 0 Å². The Morgan fingerprint density at radius 1 is 0.537 bits per heavy atom. The van der Waals surface area contributed by atoms with Crippen molar-refractivity contribution in [2.75, 3.05) is 113 Å². The Morgan fingerprint density at radius 3 is 1.43 bits per heavy atom. The summed E-state index contributed by atoms with van der Waals surface area (Å²) in [6.45, 7) is 1.08. The fraction of sp³-hybridized carbons (Fsp3) is 0.851. The number of rotatable bonds is 41. The molecule has 0 aromatic heterocycles. The number of ether oxygens (including phenoxy) is 9. The summed E-state index contributed by atoms with van der Waals surface area (Å²) in [6, 6.07) is -4.41. The summed E-state index contributed by atoms with van der Waals surface area (Å²) in [5.41, 5.74) is 0. The van der Waals surface area contributed by atoms with Crippen LogP contribution in [0.1, 0.15) is 46.5 Å². The van der Waals surface area contributed by atoms with Gasteiger partial charge in [-0.1, -0.05) is 0 Å². The lowest BCUT2D eigenvalue weighted by Gasteiger charge is -2.42. The summed E-state index contributed by atoms with van der Waals surface area (Å²) in [5, 5.41) is 111. The average molecular weight is 1160 g/mol. The number of aliphatic hydroxyl groups excluding tert-OH is 9. The number of aliphatic hydroxyl groups is 9. The van der Waals surface area contributed by atoms with Crippen molar-refractivity contribution in [2.24, 2.45) is 0 Å². The van der Waals surface area contributed by atoms with E-state index in [-0.39, 0.29) is 105 Å². The molecule has 17 N–H and O–H groups in total. The van der Waals surface area contributed by atoms with Crippen LogP contribution < -0.4 is 42.5 Å². The molecule has 464 valence electrons.